The largest absolute Gasteiger partial charge is 0.494 e. The highest BCUT2D eigenvalue weighted by atomic mass is 16.5. The standard InChI is InChI=1S/C27H25N5O2/c1-34-22-10-21-26(29-25(22)20-7-3-5-16-4-2-6-19(16)20)24(31-30-21)17-8-9-23(28-12-17)27-11-18(27)13-32(14-27)15-33/h3,5,7-10,12,15,18H,2,4,6,11,13-14H2,1H3,(H,30,31). The number of ether oxygens (including phenoxy) is 1. The lowest BCUT2D eigenvalue weighted by Gasteiger charge is -2.16. The van der Waals surface area contributed by atoms with Gasteiger partial charge in [-0.15, -0.1) is 0 Å². The predicted molar refractivity (Wildman–Crippen MR) is 129 cm³/mol. The zero-order chi connectivity index (χ0) is 22.9. The van der Waals surface area contributed by atoms with Crippen molar-refractivity contribution in [2.24, 2.45) is 5.92 Å². The Bertz CT molecular complexity index is 1440. The molecule has 1 saturated carbocycles. The Hall–Kier alpha value is -3.74. The molecule has 2 unspecified atom stereocenters. The fourth-order valence-corrected chi connectivity index (χ4v) is 6.15. The average molecular weight is 452 g/mol. The average Bonchev–Trinajstić information content (AvgIpc) is 3.27. The molecule has 1 amide bonds. The van der Waals surface area contributed by atoms with Crippen LogP contribution >= 0.6 is 0 Å². The molecular weight excluding hydrogens is 426 g/mol. The highest BCUT2D eigenvalue weighted by molar-refractivity contribution is 5.93. The number of hydrogen-bond acceptors (Lipinski definition) is 5. The molecule has 4 aromatic rings. The van der Waals surface area contributed by atoms with Crippen molar-refractivity contribution in [3.8, 4) is 28.3 Å². The fraction of sp³-hybridized carbons (Fsp3) is 0.333. The summed E-state index contributed by atoms with van der Waals surface area (Å²) >= 11 is 0. The fourth-order valence-electron chi connectivity index (χ4n) is 6.15. The van der Waals surface area contributed by atoms with Gasteiger partial charge in [0.25, 0.3) is 0 Å². The van der Waals surface area contributed by atoms with Crippen molar-refractivity contribution in [3.05, 3.63) is 59.4 Å². The van der Waals surface area contributed by atoms with Crippen LogP contribution in [0.3, 0.4) is 0 Å². The van der Waals surface area contributed by atoms with Gasteiger partial charge in [-0.2, -0.15) is 5.10 Å². The van der Waals surface area contributed by atoms with Crippen LogP contribution in [0.25, 0.3) is 33.5 Å². The molecule has 1 aliphatic heterocycles. The lowest BCUT2D eigenvalue weighted by Crippen LogP contribution is -2.25. The quantitative estimate of drug-likeness (QED) is 0.465. The Labute approximate surface area is 197 Å². The molecule has 1 aromatic carbocycles. The monoisotopic (exact) mass is 451 g/mol. The molecule has 0 radical (unpaired) electrons. The van der Waals surface area contributed by atoms with E-state index < -0.39 is 0 Å². The van der Waals surface area contributed by atoms with Gasteiger partial charge in [0.05, 0.1) is 12.6 Å². The summed E-state index contributed by atoms with van der Waals surface area (Å²) in [6.45, 7) is 1.61. The number of benzene rings is 1. The molecule has 34 heavy (non-hydrogen) atoms. The van der Waals surface area contributed by atoms with E-state index >= 15 is 0 Å². The molecule has 3 aliphatic rings. The Morgan fingerprint density at radius 1 is 1.21 bits per heavy atom. The van der Waals surface area contributed by atoms with Gasteiger partial charge in [0, 0.05) is 47.6 Å². The molecule has 7 nitrogen and oxygen atoms in total. The molecule has 170 valence electrons. The van der Waals surface area contributed by atoms with Crippen molar-refractivity contribution >= 4 is 17.4 Å². The van der Waals surface area contributed by atoms with Gasteiger partial charge in [0.2, 0.25) is 6.41 Å². The molecule has 0 bridgehead atoms. The third-order valence-corrected chi connectivity index (χ3v) is 7.99. The molecular formula is C27H25N5O2. The van der Waals surface area contributed by atoms with E-state index in [9.17, 15) is 4.79 Å². The number of aromatic nitrogens is 4. The van der Waals surface area contributed by atoms with E-state index in [0.717, 1.165) is 83.8 Å². The molecule has 2 atom stereocenters. The van der Waals surface area contributed by atoms with E-state index in [0.29, 0.717) is 5.92 Å². The minimum absolute atomic E-state index is 0.0412. The van der Waals surface area contributed by atoms with Crippen LogP contribution in [0.4, 0.5) is 0 Å². The normalized spacial score (nSPS) is 22.6. The van der Waals surface area contributed by atoms with Gasteiger partial charge >= 0.3 is 0 Å². The molecule has 3 aromatic heterocycles. The lowest BCUT2D eigenvalue weighted by molar-refractivity contribution is -0.117. The van der Waals surface area contributed by atoms with Gasteiger partial charge in [0.15, 0.2) is 0 Å². The molecule has 2 fully saturated rings. The van der Waals surface area contributed by atoms with Gasteiger partial charge < -0.3 is 9.64 Å². The molecule has 2 aliphatic carbocycles. The maximum atomic E-state index is 11.2. The third kappa shape index (κ3) is 2.76. The summed E-state index contributed by atoms with van der Waals surface area (Å²) in [6.07, 6.45) is 7.33. The number of likely N-dealkylation sites (tertiary alicyclic amines) is 1. The Morgan fingerprint density at radius 2 is 2.15 bits per heavy atom. The Kier molecular flexibility index (Phi) is 4.13. The van der Waals surface area contributed by atoms with Gasteiger partial charge in [0.1, 0.15) is 22.7 Å². The Morgan fingerprint density at radius 3 is 2.94 bits per heavy atom. The first-order chi connectivity index (χ1) is 16.7. The molecule has 7 rings (SSSR count). The van der Waals surface area contributed by atoms with Crippen LogP contribution in [0.2, 0.25) is 0 Å². The van der Waals surface area contributed by atoms with Crippen molar-refractivity contribution in [3.63, 3.8) is 0 Å². The summed E-state index contributed by atoms with van der Waals surface area (Å²) in [5.74, 6) is 1.28. The molecule has 1 N–H and O–H groups in total. The summed E-state index contributed by atoms with van der Waals surface area (Å²) in [5.41, 5.74) is 9.28. The zero-order valence-electron chi connectivity index (χ0n) is 19.0. The highest BCUT2D eigenvalue weighted by Gasteiger charge is 2.61. The number of piperidine rings is 1. The minimum Gasteiger partial charge on any atom is -0.494 e. The number of carbonyl (C=O) groups is 1. The summed E-state index contributed by atoms with van der Waals surface area (Å²) in [7, 11) is 1.69. The van der Waals surface area contributed by atoms with E-state index in [-0.39, 0.29) is 5.41 Å². The van der Waals surface area contributed by atoms with Crippen molar-refractivity contribution in [1.29, 1.82) is 0 Å². The first-order valence-electron chi connectivity index (χ1n) is 11.9. The van der Waals surface area contributed by atoms with Crippen LogP contribution in [-0.4, -0.2) is 51.7 Å². The number of aromatic amines is 1. The zero-order valence-corrected chi connectivity index (χ0v) is 19.0. The van der Waals surface area contributed by atoms with E-state index in [2.05, 4.69) is 40.5 Å². The molecule has 7 heteroatoms. The van der Waals surface area contributed by atoms with Crippen LogP contribution in [0, 0.1) is 5.92 Å². The number of nitrogens with one attached hydrogen (secondary N) is 1. The number of carbonyl (C=O) groups excluding carboxylic acids is 1. The van der Waals surface area contributed by atoms with Gasteiger partial charge in [-0.3, -0.25) is 14.9 Å². The van der Waals surface area contributed by atoms with Crippen LogP contribution in [0.5, 0.6) is 5.75 Å². The lowest BCUT2D eigenvalue weighted by atomic mass is 9.99. The number of nitrogens with zero attached hydrogens (tertiary/aromatic N) is 4. The summed E-state index contributed by atoms with van der Waals surface area (Å²) in [6, 6.07) is 12.6. The van der Waals surface area contributed by atoms with E-state index in [1.807, 2.05) is 17.2 Å². The van der Waals surface area contributed by atoms with Crippen LogP contribution < -0.4 is 4.74 Å². The summed E-state index contributed by atoms with van der Waals surface area (Å²) < 4.78 is 5.74. The van der Waals surface area contributed by atoms with Crippen LogP contribution in [0.15, 0.2) is 42.6 Å². The number of methoxy groups -OCH3 is 1. The van der Waals surface area contributed by atoms with E-state index in [1.54, 1.807) is 7.11 Å². The second-order valence-electron chi connectivity index (χ2n) is 9.83. The van der Waals surface area contributed by atoms with Crippen LogP contribution in [0.1, 0.15) is 29.7 Å². The first kappa shape index (κ1) is 19.7. The number of hydrogen-bond donors (Lipinski definition) is 1. The summed E-state index contributed by atoms with van der Waals surface area (Å²) in [5, 5.41) is 7.72. The van der Waals surface area contributed by atoms with Crippen molar-refractivity contribution in [2.75, 3.05) is 20.2 Å². The SMILES string of the molecule is COc1cc2[nH]nc(-c3ccc(C45CC4CN(C=O)C5)nc3)c2nc1-c1cccc2c1CCC2. The van der Waals surface area contributed by atoms with Gasteiger partial charge in [-0.25, -0.2) is 4.98 Å². The smallest absolute Gasteiger partial charge is 0.209 e. The van der Waals surface area contributed by atoms with Crippen molar-refractivity contribution < 1.29 is 9.53 Å². The third-order valence-electron chi connectivity index (χ3n) is 7.99. The minimum atomic E-state index is 0.0412. The molecule has 0 spiro atoms. The predicted octanol–water partition coefficient (Wildman–Crippen LogP) is 3.91. The van der Waals surface area contributed by atoms with Crippen LogP contribution in [-0.2, 0) is 23.1 Å². The summed E-state index contributed by atoms with van der Waals surface area (Å²) in [4.78, 5) is 23.0. The highest BCUT2D eigenvalue weighted by Crippen LogP contribution is 2.58. The maximum absolute atomic E-state index is 11.2. The number of pyridine rings is 2. The first-order valence-corrected chi connectivity index (χ1v) is 11.9. The number of H-pyrrole nitrogens is 1. The number of rotatable bonds is 5. The van der Waals surface area contributed by atoms with E-state index in [4.69, 9.17) is 14.7 Å². The van der Waals surface area contributed by atoms with E-state index in [1.165, 1.54) is 17.5 Å². The van der Waals surface area contributed by atoms with Crippen molar-refractivity contribution in [2.45, 2.75) is 31.1 Å². The van der Waals surface area contributed by atoms with Gasteiger partial charge in [-0.05, 0) is 54.9 Å². The Balaban J connectivity index is 1.30. The second kappa shape index (κ2) is 7.13. The number of amides is 1. The molecule has 1 saturated heterocycles. The number of fused-ring (bicyclic) bond motifs is 3. The second-order valence-corrected chi connectivity index (χ2v) is 9.83. The molecule has 4 heterocycles. The van der Waals surface area contributed by atoms with Crippen molar-refractivity contribution in [1.82, 2.24) is 25.1 Å². The topological polar surface area (TPSA) is 84.0 Å². The maximum Gasteiger partial charge on any atom is 0.209 e. The number of aryl methyl sites for hydroxylation is 1. The van der Waals surface area contributed by atoms with Gasteiger partial charge in [-0.1, -0.05) is 18.2 Å².